The third-order valence-corrected chi connectivity index (χ3v) is 5.38. The number of nitro groups is 1. The molecule has 32 heavy (non-hydrogen) atoms. The van der Waals surface area contributed by atoms with Crippen molar-refractivity contribution in [1.82, 2.24) is 4.98 Å². The lowest BCUT2D eigenvalue weighted by Crippen LogP contribution is -1.95. The highest BCUT2D eigenvalue weighted by Gasteiger charge is 2.09. The van der Waals surface area contributed by atoms with Gasteiger partial charge in [0.25, 0.3) is 5.69 Å². The summed E-state index contributed by atoms with van der Waals surface area (Å²) >= 11 is 1.38. The third kappa shape index (κ3) is 5.55. The highest BCUT2D eigenvalue weighted by Crippen LogP contribution is 2.27. The van der Waals surface area contributed by atoms with Crippen LogP contribution in [0.3, 0.4) is 0 Å². The Labute approximate surface area is 189 Å². The summed E-state index contributed by atoms with van der Waals surface area (Å²) in [6.45, 7) is 2.58. The number of hydrogen-bond donors (Lipinski definition) is 1. The maximum Gasteiger partial charge on any atom is 0.270 e. The standard InChI is InChI=1S/C24H20N4O3S/c1-17-5-7-19(8-6-17)15-31-22-11-9-18(10-12-22)14-25-27-24-26-23(16-32-24)20-3-2-4-21(13-20)28(29)30/h2-14,16H,15H2,1H3,(H,26,27)/b25-14+. The first-order valence-electron chi connectivity index (χ1n) is 9.85. The first kappa shape index (κ1) is 21.2. The predicted octanol–water partition coefficient (Wildman–Crippen LogP) is 6.05. The van der Waals surface area contributed by atoms with Crippen LogP contribution in [0.15, 0.2) is 83.3 Å². The van der Waals surface area contributed by atoms with Gasteiger partial charge in [0.05, 0.1) is 16.8 Å². The van der Waals surface area contributed by atoms with Crippen LogP contribution in [0.5, 0.6) is 5.75 Å². The molecule has 1 aromatic heterocycles. The maximum atomic E-state index is 10.9. The Bertz CT molecular complexity index is 1230. The van der Waals surface area contributed by atoms with Gasteiger partial charge in [-0.25, -0.2) is 4.98 Å². The summed E-state index contributed by atoms with van der Waals surface area (Å²) in [5, 5.41) is 17.6. The molecule has 0 spiro atoms. The van der Waals surface area contributed by atoms with Crippen molar-refractivity contribution in [3.63, 3.8) is 0 Å². The fourth-order valence-corrected chi connectivity index (χ4v) is 3.57. The quantitative estimate of drug-likeness (QED) is 0.203. The van der Waals surface area contributed by atoms with Gasteiger partial charge in [0.2, 0.25) is 5.13 Å². The van der Waals surface area contributed by atoms with Crippen LogP contribution >= 0.6 is 11.3 Å². The SMILES string of the molecule is Cc1ccc(COc2ccc(/C=N/Nc3nc(-c4cccc([N+](=O)[O-])c4)cs3)cc2)cc1. The van der Waals surface area contributed by atoms with E-state index in [9.17, 15) is 10.1 Å². The van der Waals surface area contributed by atoms with Crippen LogP contribution in [0.4, 0.5) is 10.8 Å². The van der Waals surface area contributed by atoms with Gasteiger partial charge in [-0.15, -0.1) is 11.3 Å². The zero-order chi connectivity index (χ0) is 22.3. The minimum Gasteiger partial charge on any atom is -0.489 e. The number of nitrogens with one attached hydrogen (secondary N) is 1. The molecule has 0 atom stereocenters. The normalized spacial score (nSPS) is 10.9. The van der Waals surface area contributed by atoms with Crippen molar-refractivity contribution in [3.05, 3.63) is 105 Å². The highest BCUT2D eigenvalue weighted by molar-refractivity contribution is 7.14. The molecule has 8 heteroatoms. The number of rotatable bonds is 8. The molecular weight excluding hydrogens is 424 g/mol. The van der Waals surface area contributed by atoms with E-state index in [1.807, 2.05) is 29.6 Å². The summed E-state index contributed by atoms with van der Waals surface area (Å²) in [6, 6.07) is 22.3. The van der Waals surface area contributed by atoms with Gasteiger partial charge in [0.15, 0.2) is 0 Å². The molecule has 0 saturated heterocycles. The summed E-state index contributed by atoms with van der Waals surface area (Å²) in [7, 11) is 0. The second-order valence-electron chi connectivity index (χ2n) is 7.06. The van der Waals surface area contributed by atoms with Crippen molar-refractivity contribution in [2.45, 2.75) is 13.5 Å². The fourth-order valence-electron chi connectivity index (χ4n) is 2.90. The average Bonchev–Trinajstić information content (AvgIpc) is 3.29. The summed E-state index contributed by atoms with van der Waals surface area (Å²) < 4.78 is 5.82. The van der Waals surface area contributed by atoms with Gasteiger partial charge in [-0.2, -0.15) is 5.10 Å². The van der Waals surface area contributed by atoms with Crippen LogP contribution in [0.2, 0.25) is 0 Å². The van der Waals surface area contributed by atoms with Gasteiger partial charge in [0.1, 0.15) is 12.4 Å². The van der Waals surface area contributed by atoms with Crippen molar-refractivity contribution >= 4 is 28.4 Å². The number of anilines is 1. The number of aromatic nitrogens is 1. The number of benzene rings is 3. The highest BCUT2D eigenvalue weighted by atomic mass is 32.1. The van der Waals surface area contributed by atoms with Crippen molar-refractivity contribution in [2.24, 2.45) is 5.10 Å². The second-order valence-corrected chi connectivity index (χ2v) is 7.92. The molecule has 3 aromatic carbocycles. The molecule has 0 radical (unpaired) electrons. The Morgan fingerprint density at radius 3 is 2.66 bits per heavy atom. The Morgan fingerprint density at radius 2 is 1.91 bits per heavy atom. The Kier molecular flexibility index (Phi) is 6.52. The summed E-state index contributed by atoms with van der Waals surface area (Å²) in [5.74, 6) is 0.789. The van der Waals surface area contributed by atoms with Gasteiger partial charge >= 0.3 is 0 Å². The molecule has 0 unspecified atom stereocenters. The molecule has 0 amide bonds. The monoisotopic (exact) mass is 444 g/mol. The number of nitrogens with zero attached hydrogens (tertiary/aromatic N) is 3. The average molecular weight is 445 g/mol. The number of non-ortho nitro benzene ring substituents is 1. The zero-order valence-electron chi connectivity index (χ0n) is 17.3. The van der Waals surface area contributed by atoms with Crippen LogP contribution < -0.4 is 10.2 Å². The van der Waals surface area contributed by atoms with Gasteiger partial charge in [0, 0.05) is 23.1 Å². The van der Waals surface area contributed by atoms with Crippen molar-refractivity contribution in [3.8, 4) is 17.0 Å². The number of ether oxygens (including phenoxy) is 1. The molecule has 0 bridgehead atoms. The van der Waals surface area contributed by atoms with Crippen LogP contribution in [0, 0.1) is 17.0 Å². The molecule has 0 saturated carbocycles. The summed E-state index contributed by atoms with van der Waals surface area (Å²) in [5.41, 5.74) is 7.54. The lowest BCUT2D eigenvalue weighted by Gasteiger charge is -2.06. The molecule has 7 nitrogen and oxygen atoms in total. The van der Waals surface area contributed by atoms with E-state index in [4.69, 9.17) is 4.74 Å². The summed E-state index contributed by atoms with van der Waals surface area (Å²) in [6.07, 6.45) is 1.69. The molecule has 1 heterocycles. The topological polar surface area (TPSA) is 89.7 Å². The number of nitro benzene ring substituents is 1. The minimum atomic E-state index is -0.419. The molecule has 4 rings (SSSR count). The van der Waals surface area contributed by atoms with E-state index >= 15 is 0 Å². The van der Waals surface area contributed by atoms with E-state index in [1.54, 1.807) is 18.3 Å². The van der Waals surface area contributed by atoms with E-state index < -0.39 is 4.92 Å². The third-order valence-electron chi connectivity index (χ3n) is 4.64. The van der Waals surface area contributed by atoms with Crippen LogP contribution in [0.25, 0.3) is 11.3 Å². The largest absolute Gasteiger partial charge is 0.489 e. The lowest BCUT2D eigenvalue weighted by atomic mass is 10.1. The van der Waals surface area contributed by atoms with E-state index in [0.717, 1.165) is 16.9 Å². The molecule has 1 N–H and O–H groups in total. The lowest BCUT2D eigenvalue weighted by molar-refractivity contribution is -0.384. The Balaban J connectivity index is 1.32. The minimum absolute atomic E-state index is 0.0364. The smallest absolute Gasteiger partial charge is 0.270 e. The van der Waals surface area contributed by atoms with Crippen molar-refractivity contribution in [2.75, 3.05) is 5.43 Å². The first-order valence-corrected chi connectivity index (χ1v) is 10.7. The molecule has 160 valence electrons. The second kappa shape index (κ2) is 9.84. The van der Waals surface area contributed by atoms with Gasteiger partial charge in [-0.05, 0) is 42.3 Å². The van der Waals surface area contributed by atoms with Gasteiger partial charge in [-0.3, -0.25) is 15.5 Å². The molecule has 0 aliphatic heterocycles. The fraction of sp³-hybridized carbons (Fsp3) is 0.0833. The number of hydrazone groups is 1. The number of thiazole rings is 1. The van der Waals surface area contributed by atoms with Gasteiger partial charge < -0.3 is 4.74 Å². The number of aryl methyl sites for hydroxylation is 1. The van der Waals surface area contributed by atoms with E-state index in [-0.39, 0.29) is 5.69 Å². The zero-order valence-corrected chi connectivity index (χ0v) is 18.1. The van der Waals surface area contributed by atoms with Crippen LogP contribution in [-0.4, -0.2) is 16.1 Å². The van der Waals surface area contributed by atoms with Crippen LogP contribution in [0.1, 0.15) is 16.7 Å². The van der Waals surface area contributed by atoms with E-state index in [2.05, 4.69) is 46.7 Å². The molecule has 0 aliphatic rings. The summed E-state index contributed by atoms with van der Waals surface area (Å²) in [4.78, 5) is 15.0. The molecular formula is C24H20N4O3S. The maximum absolute atomic E-state index is 10.9. The van der Waals surface area contributed by atoms with E-state index in [1.165, 1.54) is 29.0 Å². The number of hydrogen-bond acceptors (Lipinski definition) is 7. The Morgan fingerprint density at radius 1 is 1.12 bits per heavy atom. The van der Waals surface area contributed by atoms with Crippen molar-refractivity contribution in [1.29, 1.82) is 0 Å². The molecule has 0 aliphatic carbocycles. The van der Waals surface area contributed by atoms with E-state index in [0.29, 0.717) is 23.0 Å². The van der Waals surface area contributed by atoms with Gasteiger partial charge in [-0.1, -0.05) is 42.0 Å². The Hall–Kier alpha value is -4.04. The van der Waals surface area contributed by atoms with Crippen molar-refractivity contribution < 1.29 is 9.66 Å². The van der Waals surface area contributed by atoms with Crippen LogP contribution in [-0.2, 0) is 6.61 Å². The molecule has 4 aromatic rings. The first-order chi connectivity index (χ1) is 15.6. The molecule has 0 fully saturated rings. The predicted molar refractivity (Wildman–Crippen MR) is 127 cm³/mol.